The first kappa shape index (κ1) is 37.1. The number of likely N-dealkylation sites (tertiary alicyclic amines) is 1. The Kier molecular flexibility index (Phi) is 11.2. The number of alkyl carbamates (subject to hydrolysis) is 1. The highest BCUT2D eigenvalue weighted by Crippen LogP contribution is 2.44. The molecule has 4 amide bonds. The minimum atomic E-state index is -0.943. The number of fused-ring (bicyclic) bond motifs is 4. The lowest BCUT2D eigenvalue weighted by Gasteiger charge is -2.26. The summed E-state index contributed by atoms with van der Waals surface area (Å²) in [6.45, 7) is 8.01. The highest BCUT2D eigenvalue weighted by molar-refractivity contribution is 5.99. The van der Waals surface area contributed by atoms with E-state index in [1.54, 1.807) is 32.9 Å². The van der Waals surface area contributed by atoms with Crippen LogP contribution in [-0.2, 0) is 19.1 Å². The van der Waals surface area contributed by atoms with Gasteiger partial charge in [0.1, 0.15) is 24.3 Å². The van der Waals surface area contributed by atoms with Crippen molar-refractivity contribution in [3.63, 3.8) is 0 Å². The number of aryl methyl sites for hydroxylation is 1. The number of amides is 4. The lowest BCUT2D eigenvalue weighted by molar-refractivity contribution is -0.129. The summed E-state index contributed by atoms with van der Waals surface area (Å²) in [5.74, 6) is -1.00. The van der Waals surface area contributed by atoms with Gasteiger partial charge in [0.15, 0.2) is 0 Å². The van der Waals surface area contributed by atoms with Crippen molar-refractivity contribution in [2.24, 2.45) is 0 Å². The molecule has 2 heterocycles. The van der Waals surface area contributed by atoms with E-state index in [4.69, 9.17) is 9.47 Å². The third kappa shape index (κ3) is 8.88. The average Bonchev–Trinajstić information content (AvgIpc) is 3.73. The molecule has 2 aliphatic rings. The molecule has 278 valence electrons. The summed E-state index contributed by atoms with van der Waals surface area (Å²) in [5.41, 5.74) is 5.41. The number of aromatic amines is 1. The molecular weight excluding hydrogens is 674 g/mol. The second-order valence-electron chi connectivity index (χ2n) is 14.7. The highest BCUT2D eigenvalue weighted by atomic mass is 16.6. The number of carbonyl (C=O) groups is 4. The molecule has 1 aliphatic heterocycles. The van der Waals surface area contributed by atoms with Crippen molar-refractivity contribution < 1.29 is 28.7 Å². The first-order valence-corrected chi connectivity index (χ1v) is 18.2. The van der Waals surface area contributed by atoms with Crippen molar-refractivity contribution in [1.29, 1.82) is 0 Å². The normalized spacial score (nSPS) is 15.7. The Morgan fingerprint density at radius 3 is 2.34 bits per heavy atom. The summed E-state index contributed by atoms with van der Waals surface area (Å²) in [6, 6.07) is 21.2. The molecule has 1 aromatic heterocycles. The number of benzene rings is 3. The molecule has 0 radical (unpaired) electrons. The Bertz CT molecular complexity index is 2020. The van der Waals surface area contributed by atoms with E-state index in [-0.39, 0.29) is 24.5 Å². The number of hydrogen-bond donors (Lipinski definition) is 4. The van der Waals surface area contributed by atoms with Crippen molar-refractivity contribution in [3.05, 3.63) is 99.8 Å². The molecule has 4 aromatic rings. The fraction of sp³-hybridized carbons (Fsp3) is 0.390. The number of ether oxygens (including phenoxy) is 2. The predicted octanol–water partition coefficient (Wildman–Crippen LogP) is 6.37. The SMILES string of the molecule is Cc1cc(=O)[nH]c2cc(NC(=O)[C@H](CCCCNC(=O)OC(C)(C)C)NC(=O)[C@@H]3CCCN3C(=O)OCC3c4ccccc4-c4ccccc43)ccc12. The van der Waals surface area contributed by atoms with E-state index >= 15 is 0 Å². The van der Waals surface area contributed by atoms with Crippen molar-refractivity contribution in [2.75, 3.05) is 25.0 Å². The number of nitrogens with zero attached hydrogens (tertiary/aromatic N) is 1. The molecule has 0 spiro atoms. The van der Waals surface area contributed by atoms with Crippen molar-refractivity contribution in [3.8, 4) is 11.1 Å². The molecule has 0 bridgehead atoms. The van der Waals surface area contributed by atoms with Crippen molar-refractivity contribution >= 4 is 40.6 Å². The van der Waals surface area contributed by atoms with Gasteiger partial charge in [0.05, 0.1) is 5.52 Å². The average molecular weight is 722 g/mol. The van der Waals surface area contributed by atoms with Crippen molar-refractivity contribution in [1.82, 2.24) is 20.5 Å². The number of carbonyl (C=O) groups excluding carboxylic acids is 4. The van der Waals surface area contributed by atoms with E-state index in [1.807, 2.05) is 37.3 Å². The monoisotopic (exact) mass is 721 g/mol. The van der Waals surface area contributed by atoms with E-state index in [1.165, 1.54) is 11.0 Å². The Morgan fingerprint density at radius 2 is 1.64 bits per heavy atom. The van der Waals surface area contributed by atoms with Crippen LogP contribution in [0.4, 0.5) is 15.3 Å². The summed E-state index contributed by atoms with van der Waals surface area (Å²) in [4.78, 5) is 69.5. The summed E-state index contributed by atoms with van der Waals surface area (Å²) in [7, 11) is 0. The zero-order chi connectivity index (χ0) is 37.7. The lowest BCUT2D eigenvalue weighted by atomic mass is 9.98. The minimum absolute atomic E-state index is 0.115. The maximum Gasteiger partial charge on any atom is 0.410 e. The van der Waals surface area contributed by atoms with E-state index in [9.17, 15) is 24.0 Å². The molecule has 12 heteroatoms. The predicted molar refractivity (Wildman–Crippen MR) is 203 cm³/mol. The summed E-state index contributed by atoms with van der Waals surface area (Å²) >= 11 is 0. The quantitative estimate of drug-likeness (QED) is 0.131. The van der Waals surface area contributed by atoms with Crippen LogP contribution in [0.2, 0.25) is 0 Å². The van der Waals surface area contributed by atoms with Gasteiger partial charge >= 0.3 is 12.2 Å². The lowest BCUT2D eigenvalue weighted by Crippen LogP contribution is -2.52. The van der Waals surface area contributed by atoms with Crippen LogP contribution in [0.15, 0.2) is 77.6 Å². The van der Waals surface area contributed by atoms with Crippen LogP contribution in [-0.4, -0.2) is 71.3 Å². The smallest absolute Gasteiger partial charge is 0.410 e. The van der Waals surface area contributed by atoms with Crippen LogP contribution in [0, 0.1) is 6.92 Å². The van der Waals surface area contributed by atoms with Gasteiger partial charge in [0.25, 0.3) is 0 Å². The van der Waals surface area contributed by atoms with Crippen LogP contribution in [0.1, 0.15) is 75.5 Å². The fourth-order valence-electron chi connectivity index (χ4n) is 7.19. The molecular formula is C41H47N5O7. The van der Waals surface area contributed by atoms with E-state index in [0.717, 1.165) is 33.2 Å². The number of rotatable bonds is 11. The van der Waals surface area contributed by atoms with E-state index in [2.05, 4.69) is 45.2 Å². The van der Waals surface area contributed by atoms with Crippen LogP contribution < -0.4 is 21.5 Å². The summed E-state index contributed by atoms with van der Waals surface area (Å²) in [6.07, 6.45) is 1.25. The van der Waals surface area contributed by atoms with Gasteiger partial charge in [-0.1, -0.05) is 54.6 Å². The first-order chi connectivity index (χ1) is 25.4. The molecule has 0 unspecified atom stereocenters. The van der Waals surface area contributed by atoms with Gasteiger partial charge in [0.2, 0.25) is 17.4 Å². The Balaban J connectivity index is 1.11. The Morgan fingerprint density at radius 1 is 0.943 bits per heavy atom. The number of unbranched alkanes of at least 4 members (excludes halogenated alkanes) is 1. The number of H-pyrrole nitrogens is 1. The number of pyridine rings is 1. The third-order valence-electron chi connectivity index (χ3n) is 9.66. The molecule has 53 heavy (non-hydrogen) atoms. The van der Waals surface area contributed by atoms with Gasteiger partial charge in [-0.05, 0) is 99.7 Å². The third-order valence-corrected chi connectivity index (χ3v) is 9.66. The molecule has 6 rings (SSSR count). The zero-order valence-electron chi connectivity index (χ0n) is 30.6. The Labute approximate surface area is 308 Å². The van der Waals surface area contributed by atoms with Crippen LogP contribution in [0.25, 0.3) is 22.0 Å². The molecule has 12 nitrogen and oxygen atoms in total. The molecule has 1 fully saturated rings. The van der Waals surface area contributed by atoms with Crippen LogP contribution in [0.3, 0.4) is 0 Å². The summed E-state index contributed by atoms with van der Waals surface area (Å²) in [5, 5.41) is 9.35. The van der Waals surface area contributed by atoms with Gasteiger partial charge in [-0.15, -0.1) is 0 Å². The molecule has 2 atom stereocenters. The molecule has 3 aromatic carbocycles. The standard InChI is InChI=1S/C41H47N5O7/c1-25-22-36(47)44-34-23-26(18-19-27(25)34)43-37(48)33(16-9-10-20-42-39(50)53-41(2,3)4)45-38(49)35-17-11-21-46(35)40(51)52-24-32-30-14-7-5-12-28(30)29-13-6-8-15-31(29)32/h5-8,12-15,18-19,22-23,32-33,35H,9-11,16-17,20-21,24H2,1-4H3,(H,42,50)(H,43,48)(H,44,47)(H,45,49)/t33-,35-/m0/s1. The molecule has 1 aliphatic carbocycles. The second kappa shape index (κ2) is 15.9. The number of aromatic nitrogens is 1. The topological polar surface area (TPSA) is 159 Å². The van der Waals surface area contributed by atoms with Crippen LogP contribution >= 0.6 is 0 Å². The van der Waals surface area contributed by atoms with Gasteiger partial charge < -0.3 is 30.4 Å². The van der Waals surface area contributed by atoms with Crippen LogP contribution in [0.5, 0.6) is 0 Å². The van der Waals surface area contributed by atoms with Gasteiger partial charge in [-0.3, -0.25) is 19.3 Å². The number of nitrogens with one attached hydrogen (secondary N) is 4. The molecule has 4 N–H and O–H groups in total. The summed E-state index contributed by atoms with van der Waals surface area (Å²) < 4.78 is 11.2. The maximum absolute atomic E-state index is 13.8. The molecule has 0 saturated carbocycles. The van der Waals surface area contributed by atoms with Gasteiger partial charge in [-0.2, -0.15) is 0 Å². The minimum Gasteiger partial charge on any atom is -0.448 e. The fourth-order valence-corrected chi connectivity index (χ4v) is 7.19. The largest absolute Gasteiger partial charge is 0.448 e. The number of anilines is 1. The second-order valence-corrected chi connectivity index (χ2v) is 14.7. The first-order valence-electron chi connectivity index (χ1n) is 18.2. The van der Waals surface area contributed by atoms with Gasteiger partial charge in [0, 0.05) is 36.1 Å². The van der Waals surface area contributed by atoms with Crippen molar-refractivity contribution in [2.45, 2.75) is 83.4 Å². The van der Waals surface area contributed by atoms with Gasteiger partial charge in [-0.25, -0.2) is 9.59 Å². The number of hydrogen-bond acceptors (Lipinski definition) is 7. The zero-order valence-corrected chi connectivity index (χ0v) is 30.6. The maximum atomic E-state index is 13.8. The molecule has 1 saturated heterocycles. The van der Waals surface area contributed by atoms with E-state index in [0.29, 0.717) is 50.0 Å². The Hall–Kier alpha value is -5.65. The van der Waals surface area contributed by atoms with E-state index < -0.39 is 41.7 Å². The highest BCUT2D eigenvalue weighted by Gasteiger charge is 2.38.